The topological polar surface area (TPSA) is 285 Å². The standard InChI is InChI=1S/C23H17Cl2F2N3O3S.C23H18ClF2N3O4S.C23H18ClF2N3O3S/c1-2-9-34(32,33)30-17-8-7-16(26)19(21(17)27)22(31)15-11-29-23-18(15)20(25)14(10-28-23)12-3-5-13(24)6-4-12;1-2-9-34(32,33)28-19-8-7-18(25)20(21(19)26)22(30)17-11-27-23-16(17)10-14(12-29(23)31)13-3-5-15(24)6-4-13;1-2-9-33(31,32)29-19-8-7-18(25)20(21(19)26)22(30)17-12-28-23-16(17)10-14(11-27-23)13-3-5-15(24)6-4-13/h3-8,10-11,30H,2,9H2,1H3,(H,28,29);3-8,10-12,28,31H,2,9H2,1H3;3-8,10-12,29H,2,9H2,1H3,(H,27,28). The summed E-state index contributed by atoms with van der Waals surface area (Å²) < 4.78 is 168. The number of hydrogen-bond donors (Lipinski definition) is 6. The van der Waals surface area contributed by atoms with Gasteiger partial charge in [-0.1, -0.05) is 104 Å². The summed E-state index contributed by atoms with van der Waals surface area (Å²) in [5.74, 6) is -11.1. The molecule has 0 bridgehead atoms. The van der Waals surface area contributed by atoms with Crippen molar-refractivity contribution in [2.75, 3.05) is 31.4 Å². The van der Waals surface area contributed by atoms with Crippen LogP contribution in [0.15, 0.2) is 159 Å². The molecule has 2 aliphatic heterocycles. The SMILES string of the molecule is CCCS(=O)(=O)Nc1ccc(F)c(C(=O)c2c[nH]c3ncc(-c4ccc(Cl)cc4)c(Cl)c23)c1F.CCCS(=O)(=O)Nc1ccc(F)c(C(=O)c2c[nH]c3ncc(-c4ccc(Cl)cc4)cc23)c1F.CCCS(=O)(=O)Nc1ccc(F)c(C(=O)c2cnc3n(O)cc(-c4ccc(Cl)cc4)cc2-3)c1F. The fourth-order valence-electron chi connectivity index (χ4n) is 10.5. The van der Waals surface area contributed by atoms with Crippen LogP contribution in [0, 0.1) is 34.9 Å². The van der Waals surface area contributed by atoms with Crippen molar-refractivity contribution in [3.63, 3.8) is 0 Å². The third kappa shape index (κ3) is 16.3. The number of aromatic nitrogens is 6. The maximum Gasteiger partial charge on any atom is 0.232 e. The molecule has 6 heterocycles. The van der Waals surface area contributed by atoms with Gasteiger partial charge in [-0.15, -0.1) is 0 Å². The molecule has 19 nitrogen and oxygen atoms in total. The summed E-state index contributed by atoms with van der Waals surface area (Å²) in [6.45, 7) is 4.93. The predicted molar refractivity (Wildman–Crippen MR) is 377 cm³/mol. The third-order valence-corrected chi connectivity index (χ3v) is 20.8. The normalized spacial score (nSPS) is 11.7. The number of sulfonamides is 3. The second-order valence-electron chi connectivity index (χ2n) is 22.3. The van der Waals surface area contributed by atoms with Gasteiger partial charge in [-0.3, -0.25) is 28.5 Å². The Bertz CT molecular complexity index is 5540. The zero-order valence-corrected chi connectivity index (χ0v) is 58.1. The van der Waals surface area contributed by atoms with Crippen molar-refractivity contribution in [2.45, 2.75) is 40.0 Å². The van der Waals surface area contributed by atoms with Crippen LogP contribution in [0.3, 0.4) is 0 Å². The number of rotatable bonds is 21. The fraction of sp³-hybridized carbons (Fsp3) is 0.130. The van der Waals surface area contributed by atoms with Crippen molar-refractivity contribution in [2.24, 2.45) is 0 Å². The van der Waals surface area contributed by atoms with Gasteiger partial charge < -0.3 is 15.2 Å². The molecule has 0 amide bonds. The molecule has 2 aliphatic rings. The number of ketones is 3. The number of hydrogen-bond acceptors (Lipinski definition) is 13. The number of carbonyl (C=O) groups excluding carboxylic acids is 3. The monoisotopic (exact) mass is 1520 g/mol. The first-order chi connectivity index (χ1) is 47.9. The second kappa shape index (κ2) is 30.6. The number of fused-ring (bicyclic) bond motifs is 3. The van der Waals surface area contributed by atoms with E-state index in [1.54, 1.807) is 112 Å². The number of aromatic amines is 2. The average molecular weight is 1520 g/mol. The van der Waals surface area contributed by atoms with E-state index >= 15 is 13.2 Å². The van der Waals surface area contributed by atoms with Gasteiger partial charge in [-0.25, -0.2) is 66.5 Å². The number of nitrogens with zero attached hydrogens (tertiary/aromatic N) is 4. The van der Waals surface area contributed by atoms with Crippen molar-refractivity contribution < 1.29 is 71.2 Å². The highest BCUT2D eigenvalue weighted by atomic mass is 35.5. The van der Waals surface area contributed by atoms with E-state index in [2.05, 4.69) is 34.4 Å². The lowest BCUT2D eigenvalue weighted by atomic mass is 9.97. The number of halogens is 10. The van der Waals surface area contributed by atoms with Crippen molar-refractivity contribution >= 4 is 133 Å². The van der Waals surface area contributed by atoms with Gasteiger partial charge in [0.05, 0.1) is 73.4 Å². The molecule has 6 N–H and O–H groups in total. The summed E-state index contributed by atoms with van der Waals surface area (Å²) >= 11 is 24.4. The Kier molecular flexibility index (Phi) is 22.4. The lowest BCUT2D eigenvalue weighted by Gasteiger charge is -2.13. The van der Waals surface area contributed by atoms with Crippen LogP contribution in [0.4, 0.5) is 43.4 Å². The van der Waals surface area contributed by atoms with E-state index in [0.29, 0.717) is 71.5 Å². The Morgan fingerprint density at radius 2 is 0.851 bits per heavy atom. The Balaban J connectivity index is 0.000000163. The highest BCUT2D eigenvalue weighted by Gasteiger charge is 2.32. The van der Waals surface area contributed by atoms with Gasteiger partial charge >= 0.3 is 0 Å². The number of nitrogens with one attached hydrogen (secondary N) is 5. The van der Waals surface area contributed by atoms with Crippen LogP contribution >= 0.6 is 46.4 Å². The van der Waals surface area contributed by atoms with Gasteiger partial charge in [0.1, 0.15) is 28.7 Å². The van der Waals surface area contributed by atoms with Gasteiger partial charge in [0.2, 0.25) is 47.4 Å². The highest BCUT2D eigenvalue weighted by Crippen LogP contribution is 2.39. The molecule has 101 heavy (non-hydrogen) atoms. The van der Waals surface area contributed by atoms with Crippen molar-refractivity contribution in [1.29, 1.82) is 0 Å². The first-order valence-corrected chi connectivity index (χ1v) is 36.6. The molecule has 12 rings (SSSR count). The first-order valence-electron chi connectivity index (χ1n) is 30.1. The first kappa shape index (κ1) is 73.9. The second-order valence-corrected chi connectivity index (χ2v) is 29.6. The number of pyridine rings is 3. The predicted octanol–water partition coefficient (Wildman–Crippen LogP) is 16.9. The summed E-state index contributed by atoms with van der Waals surface area (Å²) in [5, 5.41) is 12.6. The van der Waals surface area contributed by atoms with E-state index in [-0.39, 0.29) is 67.8 Å². The van der Waals surface area contributed by atoms with Crippen LogP contribution in [-0.2, 0) is 30.1 Å². The van der Waals surface area contributed by atoms with Gasteiger partial charge in [-0.05, 0) is 121 Å². The van der Waals surface area contributed by atoms with E-state index in [0.717, 1.165) is 48.2 Å². The van der Waals surface area contributed by atoms with Crippen molar-refractivity contribution in [1.82, 2.24) is 29.7 Å². The summed E-state index contributed by atoms with van der Waals surface area (Å²) in [6.07, 6.45) is 9.02. The number of benzene rings is 6. The number of anilines is 3. The molecular weight excluding hydrogens is 1470 g/mol. The van der Waals surface area contributed by atoms with Crippen molar-refractivity contribution in [3.8, 4) is 44.8 Å². The minimum atomic E-state index is -3.88. The van der Waals surface area contributed by atoms with Crippen molar-refractivity contribution in [3.05, 3.63) is 247 Å². The molecule has 522 valence electrons. The average Bonchev–Trinajstić information content (AvgIpc) is 1.66. The third-order valence-electron chi connectivity index (χ3n) is 15.2. The van der Waals surface area contributed by atoms with Crippen LogP contribution < -0.4 is 14.2 Å². The minimum Gasteiger partial charge on any atom is -0.427 e. The zero-order valence-electron chi connectivity index (χ0n) is 52.7. The highest BCUT2D eigenvalue weighted by molar-refractivity contribution is 7.93. The smallest absolute Gasteiger partial charge is 0.232 e. The minimum absolute atomic E-state index is 0.000297. The Morgan fingerprint density at radius 1 is 0.455 bits per heavy atom. The summed E-state index contributed by atoms with van der Waals surface area (Å²) in [7, 11) is -11.6. The van der Waals surface area contributed by atoms with Gasteiger partial charge in [-0.2, -0.15) is 4.73 Å². The maximum atomic E-state index is 15.2. The van der Waals surface area contributed by atoms with Gasteiger partial charge in [0.15, 0.2) is 23.3 Å². The Morgan fingerprint density at radius 3 is 1.31 bits per heavy atom. The van der Waals surface area contributed by atoms with Gasteiger partial charge in [0.25, 0.3) is 0 Å². The Hall–Kier alpha value is -9.81. The summed E-state index contributed by atoms with van der Waals surface area (Å²) in [5.41, 5.74) is -0.00858. The molecule has 0 aliphatic carbocycles. The molecule has 0 fully saturated rings. The number of carbonyl (C=O) groups is 3. The molecule has 6 aromatic carbocycles. The molecule has 32 heteroatoms. The van der Waals surface area contributed by atoms with Crippen LogP contribution in [0.1, 0.15) is 87.8 Å². The molecule has 0 saturated heterocycles. The van der Waals surface area contributed by atoms with Crippen LogP contribution in [-0.4, -0.2) is 94.7 Å². The lowest BCUT2D eigenvalue weighted by molar-refractivity contribution is 0.102. The molecule has 0 saturated carbocycles. The van der Waals surface area contributed by atoms with E-state index in [1.807, 2.05) is 4.72 Å². The van der Waals surface area contributed by atoms with Crippen LogP contribution in [0.2, 0.25) is 20.1 Å². The summed E-state index contributed by atoms with van der Waals surface area (Å²) in [4.78, 5) is 57.8. The number of H-pyrrole nitrogens is 2. The molecule has 0 unspecified atom stereocenters. The van der Waals surface area contributed by atoms with E-state index in [4.69, 9.17) is 46.4 Å². The lowest BCUT2D eigenvalue weighted by Crippen LogP contribution is -2.18. The molecular formula is C69H53Cl4F6N9O10S3. The van der Waals surface area contributed by atoms with E-state index < -0.39 is 116 Å². The van der Waals surface area contributed by atoms with E-state index in [9.17, 15) is 58.0 Å². The molecule has 0 spiro atoms. The fourth-order valence-corrected chi connectivity index (χ4v) is 14.6. The quantitative estimate of drug-likeness (QED) is 0.0222. The molecule has 4 aromatic heterocycles. The van der Waals surface area contributed by atoms with Crippen LogP contribution in [0.5, 0.6) is 0 Å². The van der Waals surface area contributed by atoms with Gasteiger partial charge in [0, 0.05) is 84.6 Å². The summed E-state index contributed by atoms with van der Waals surface area (Å²) in [6, 6.07) is 29.0. The zero-order chi connectivity index (χ0) is 73.0. The maximum absolute atomic E-state index is 15.2. The largest absolute Gasteiger partial charge is 0.427 e. The molecule has 0 atom stereocenters. The Labute approximate surface area is 593 Å². The molecule has 0 radical (unpaired) electrons. The molecule has 10 aromatic rings. The van der Waals surface area contributed by atoms with E-state index in [1.165, 1.54) is 24.8 Å². The van der Waals surface area contributed by atoms with Crippen LogP contribution in [0.25, 0.3) is 66.8 Å².